The molecule has 1 aromatic carbocycles. The Balaban J connectivity index is 1.81. The van der Waals surface area contributed by atoms with E-state index in [-0.39, 0.29) is 18.1 Å². The first-order valence-corrected chi connectivity index (χ1v) is 12.3. The monoisotopic (exact) mass is 565 g/mol. The van der Waals surface area contributed by atoms with Crippen LogP contribution in [-0.2, 0) is 16.1 Å². The van der Waals surface area contributed by atoms with E-state index in [0.29, 0.717) is 5.56 Å². The molecule has 3 atom stereocenters. The van der Waals surface area contributed by atoms with Crippen molar-refractivity contribution in [3.05, 3.63) is 65.6 Å². The third-order valence-corrected chi connectivity index (χ3v) is 6.61. The number of furan rings is 1. The number of aromatic nitrogens is 3. The minimum Gasteiger partial charge on any atom is -0.480 e. The summed E-state index contributed by atoms with van der Waals surface area (Å²) >= 11 is 0. The van der Waals surface area contributed by atoms with Crippen molar-refractivity contribution in [1.29, 1.82) is 0 Å². The summed E-state index contributed by atoms with van der Waals surface area (Å²) in [6.45, 7) is 4.16. The van der Waals surface area contributed by atoms with Gasteiger partial charge in [0.15, 0.2) is 5.82 Å². The summed E-state index contributed by atoms with van der Waals surface area (Å²) in [5, 5.41) is 17.0. The molecule has 3 unspecified atom stereocenters. The van der Waals surface area contributed by atoms with Crippen LogP contribution >= 0.6 is 0 Å². The van der Waals surface area contributed by atoms with E-state index in [1.54, 1.807) is 0 Å². The molecule has 1 aliphatic rings. The number of piperidine rings is 1. The summed E-state index contributed by atoms with van der Waals surface area (Å²) in [4.78, 5) is 43.8. The van der Waals surface area contributed by atoms with Crippen molar-refractivity contribution < 1.29 is 41.5 Å². The number of nitrogens with zero attached hydrogens (tertiary/aromatic N) is 4. The van der Waals surface area contributed by atoms with Crippen molar-refractivity contribution in [2.24, 2.45) is 11.3 Å². The molecule has 0 spiro atoms. The third-order valence-electron chi connectivity index (χ3n) is 6.61. The van der Waals surface area contributed by atoms with Crippen LogP contribution < -0.4 is 5.32 Å². The third kappa shape index (κ3) is 5.84. The Bertz CT molecular complexity index is 1380. The molecule has 2 N–H and O–H groups in total. The van der Waals surface area contributed by atoms with E-state index in [0.717, 1.165) is 15.8 Å². The fourth-order valence-corrected chi connectivity index (χ4v) is 4.66. The van der Waals surface area contributed by atoms with Crippen LogP contribution in [0.2, 0.25) is 0 Å². The zero-order valence-corrected chi connectivity index (χ0v) is 21.8. The predicted molar refractivity (Wildman–Crippen MR) is 132 cm³/mol. The van der Waals surface area contributed by atoms with Crippen molar-refractivity contribution in [3.63, 3.8) is 0 Å². The molecule has 1 fully saturated rings. The van der Waals surface area contributed by atoms with Crippen LogP contribution in [0.1, 0.15) is 54.9 Å². The molecule has 0 saturated carbocycles. The van der Waals surface area contributed by atoms with Crippen LogP contribution in [0.4, 0.5) is 23.5 Å². The van der Waals surface area contributed by atoms with Crippen molar-refractivity contribution in [2.45, 2.75) is 51.9 Å². The van der Waals surface area contributed by atoms with Gasteiger partial charge in [-0.1, -0.05) is 32.9 Å². The SMILES string of the molecule is CC(C)(C)C(=O)N1CCC(C(F)(F)F)C(c2nc(NCc3ccc(F)cc3)n(C(=O)c3ccoc3)n2)C1C(=O)O. The van der Waals surface area contributed by atoms with Crippen molar-refractivity contribution in [1.82, 2.24) is 19.7 Å². The zero-order valence-electron chi connectivity index (χ0n) is 21.8. The summed E-state index contributed by atoms with van der Waals surface area (Å²) in [6.07, 6.45) is -3.11. The highest BCUT2D eigenvalue weighted by molar-refractivity contribution is 5.96. The standard InChI is InChI=1S/C26H27F4N5O5/c1-25(2,3)23(39)34-10-8-17(26(28,29)30)18(19(34)22(37)38)20-32-24(31-12-14-4-6-16(27)7-5-14)35(33-20)21(36)15-9-11-40-13-15/h4-7,9,11,13,17-19H,8,10,12H2,1-3H3,(H,37,38)(H,31,32,33). The highest BCUT2D eigenvalue weighted by Gasteiger charge is 2.57. The van der Waals surface area contributed by atoms with Crippen molar-refractivity contribution >= 4 is 23.7 Å². The van der Waals surface area contributed by atoms with Crippen molar-refractivity contribution in [3.8, 4) is 0 Å². The Morgan fingerprint density at radius 1 is 1.12 bits per heavy atom. The molecule has 10 nitrogen and oxygen atoms in total. The number of likely N-dealkylation sites (tertiary alicyclic amines) is 1. The van der Waals surface area contributed by atoms with Gasteiger partial charge in [-0.2, -0.15) is 22.8 Å². The second-order valence-corrected chi connectivity index (χ2v) is 10.5. The van der Waals surface area contributed by atoms with Gasteiger partial charge in [-0.3, -0.25) is 9.59 Å². The lowest BCUT2D eigenvalue weighted by Gasteiger charge is -2.44. The molecule has 14 heteroatoms. The van der Waals surface area contributed by atoms with Gasteiger partial charge < -0.3 is 19.7 Å². The Morgan fingerprint density at radius 2 is 1.80 bits per heavy atom. The van der Waals surface area contributed by atoms with Crippen LogP contribution in [0.25, 0.3) is 0 Å². The fraction of sp³-hybridized carbons (Fsp3) is 0.423. The van der Waals surface area contributed by atoms with E-state index >= 15 is 0 Å². The van der Waals surface area contributed by atoms with Gasteiger partial charge in [0.2, 0.25) is 11.9 Å². The molecule has 3 heterocycles. The normalized spacial score (nSPS) is 19.9. The van der Waals surface area contributed by atoms with Crippen LogP contribution in [0.3, 0.4) is 0 Å². The number of aliphatic carboxylic acids is 1. The van der Waals surface area contributed by atoms with E-state index in [4.69, 9.17) is 4.42 Å². The summed E-state index contributed by atoms with van der Waals surface area (Å²) in [7, 11) is 0. The molecule has 1 saturated heterocycles. The minimum atomic E-state index is -4.85. The van der Waals surface area contributed by atoms with Gasteiger partial charge >= 0.3 is 12.1 Å². The maximum absolute atomic E-state index is 14.3. The summed E-state index contributed by atoms with van der Waals surface area (Å²) in [6, 6.07) is 4.70. The lowest BCUT2D eigenvalue weighted by molar-refractivity contribution is -0.202. The predicted octanol–water partition coefficient (Wildman–Crippen LogP) is 4.30. The molecule has 0 aliphatic carbocycles. The molecule has 3 aromatic rings. The number of carboxylic acids is 1. The number of rotatable bonds is 6. The maximum Gasteiger partial charge on any atom is 0.392 e. The molecule has 1 amide bonds. The largest absolute Gasteiger partial charge is 0.480 e. The van der Waals surface area contributed by atoms with Crippen LogP contribution in [0, 0.1) is 17.2 Å². The smallest absolute Gasteiger partial charge is 0.392 e. The summed E-state index contributed by atoms with van der Waals surface area (Å²) in [5.41, 5.74) is -0.504. The fourth-order valence-electron chi connectivity index (χ4n) is 4.66. The number of hydrogen-bond acceptors (Lipinski definition) is 7. The van der Waals surface area contributed by atoms with Gasteiger partial charge in [-0.05, 0) is 30.2 Å². The van der Waals surface area contributed by atoms with E-state index in [1.807, 2.05) is 0 Å². The molecule has 4 rings (SSSR count). The lowest BCUT2D eigenvalue weighted by atomic mass is 9.77. The molecular weight excluding hydrogens is 538 g/mol. The van der Waals surface area contributed by atoms with Crippen LogP contribution in [-0.4, -0.2) is 61.3 Å². The van der Waals surface area contributed by atoms with Gasteiger partial charge in [0.1, 0.15) is 18.1 Å². The zero-order chi connectivity index (χ0) is 29.4. The lowest BCUT2D eigenvalue weighted by Crippen LogP contribution is -2.59. The maximum atomic E-state index is 14.3. The molecule has 1 aliphatic heterocycles. The van der Waals surface area contributed by atoms with Crippen molar-refractivity contribution in [2.75, 3.05) is 11.9 Å². The van der Waals surface area contributed by atoms with Gasteiger partial charge in [-0.15, -0.1) is 5.10 Å². The summed E-state index contributed by atoms with van der Waals surface area (Å²) in [5.74, 6) is -8.54. The number of hydrogen-bond donors (Lipinski definition) is 2. The van der Waals surface area contributed by atoms with Crippen LogP contribution in [0.15, 0.2) is 47.3 Å². The Labute approximate surface area is 226 Å². The topological polar surface area (TPSA) is 131 Å². The Morgan fingerprint density at radius 3 is 2.35 bits per heavy atom. The van der Waals surface area contributed by atoms with Gasteiger partial charge in [0, 0.05) is 18.5 Å². The van der Waals surface area contributed by atoms with E-state index < -0.39 is 71.9 Å². The van der Waals surface area contributed by atoms with Gasteiger partial charge in [0.25, 0.3) is 5.91 Å². The molecular formula is C26H27F4N5O5. The highest BCUT2D eigenvalue weighted by atomic mass is 19.4. The number of halogens is 4. The molecule has 214 valence electrons. The van der Waals surface area contributed by atoms with E-state index in [2.05, 4.69) is 15.4 Å². The molecule has 0 bridgehead atoms. The molecule has 0 radical (unpaired) electrons. The molecule has 40 heavy (non-hydrogen) atoms. The number of nitrogens with one attached hydrogen (secondary N) is 1. The molecule has 2 aromatic heterocycles. The number of carboxylic acid groups (broad SMARTS) is 1. The number of alkyl halides is 3. The number of benzene rings is 1. The second kappa shape index (κ2) is 10.7. The highest BCUT2D eigenvalue weighted by Crippen LogP contribution is 2.46. The second-order valence-electron chi connectivity index (χ2n) is 10.5. The van der Waals surface area contributed by atoms with Crippen LogP contribution in [0.5, 0.6) is 0 Å². The first-order valence-electron chi connectivity index (χ1n) is 12.3. The Hall–Kier alpha value is -4.23. The average molecular weight is 566 g/mol. The summed E-state index contributed by atoms with van der Waals surface area (Å²) < 4.78 is 61.8. The van der Waals surface area contributed by atoms with E-state index in [1.165, 1.54) is 57.4 Å². The quantitative estimate of drug-likeness (QED) is 0.423. The first kappa shape index (κ1) is 28.8. The Kier molecular flexibility index (Phi) is 7.72. The van der Waals surface area contributed by atoms with Gasteiger partial charge in [0.05, 0.1) is 23.7 Å². The number of amides is 1. The number of carbonyl (C=O) groups is 3. The van der Waals surface area contributed by atoms with Gasteiger partial charge in [-0.25, -0.2) is 9.18 Å². The van der Waals surface area contributed by atoms with E-state index in [9.17, 15) is 37.1 Å². The number of anilines is 1. The first-order chi connectivity index (χ1) is 18.7. The minimum absolute atomic E-state index is 0.0108. The number of carbonyl (C=O) groups excluding carboxylic acids is 2. The average Bonchev–Trinajstić information content (AvgIpc) is 3.56.